The Kier molecular flexibility index (Phi) is 6.87. The van der Waals surface area contributed by atoms with E-state index in [0.29, 0.717) is 13.0 Å². The third-order valence-electron chi connectivity index (χ3n) is 2.87. The molecule has 4 nitrogen and oxygen atoms in total. The zero-order valence-corrected chi connectivity index (χ0v) is 12.5. The van der Waals surface area contributed by atoms with Gasteiger partial charge in [-0.2, -0.15) is 0 Å². The minimum Gasteiger partial charge on any atom is -0.496 e. The summed E-state index contributed by atoms with van der Waals surface area (Å²) in [6.45, 7) is 3.14. The van der Waals surface area contributed by atoms with Crippen molar-refractivity contribution in [1.82, 2.24) is 5.32 Å². The Morgan fingerprint density at radius 1 is 1.16 bits per heavy atom. The van der Waals surface area contributed by atoms with Crippen molar-refractivity contribution in [2.45, 2.75) is 19.8 Å². The molecular weight excluding hydrogens is 262 g/mol. The molecule has 1 N–H and O–H groups in total. The highest BCUT2D eigenvalue weighted by Crippen LogP contribution is 2.17. The molecule has 1 rings (SSSR count). The number of hydrogen-bond acceptors (Lipinski definition) is 4. The summed E-state index contributed by atoms with van der Waals surface area (Å²) in [5.41, 5.74) is 1.13. The van der Waals surface area contributed by atoms with E-state index in [1.54, 1.807) is 7.11 Å². The molecule has 0 aliphatic carbocycles. The lowest BCUT2D eigenvalue weighted by atomic mass is 10.1. The molecule has 108 valence electrons. The second-order valence-electron chi connectivity index (χ2n) is 4.46. The van der Waals surface area contributed by atoms with Gasteiger partial charge < -0.3 is 10.1 Å². The van der Waals surface area contributed by atoms with E-state index in [9.17, 15) is 8.42 Å². The van der Waals surface area contributed by atoms with Gasteiger partial charge in [-0.3, -0.25) is 0 Å². The zero-order valence-electron chi connectivity index (χ0n) is 11.7. The lowest BCUT2D eigenvalue weighted by molar-refractivity contribution is 0.409. The van der Waals surface area contributed by atoms with Gasteiger partial charge in [-0.15, -0.1) is 0 Å². The van der Waals surface area contributed by atoms with E-state index in [1.807, 2.05) is 31.2 Å². The molecule has 0 aromatic heterocycles. The van der Waals surface area contributed by atoms with Gasteiger partial charge >= 0.3 is 0 Å². The highest BCUT2D eigenvalue weighted by Gasteiger charge is 2.08. The second-order valence-corrected chi connectivity index (χ2v) is 6.77. The first kappa shape index (κ1) is 16.0. The molecule has 0 saturated carbocycles. The van der Waals surface area contributed by atoms with E-state index in [-0.39, 0.29) is 11.5 Å². The van der Waals surface area contributed by atoms with Gasteiger partial charge in [0.05, 0.1) is 12.9 Å². The summed E-state index contributed by atoms with van der Waals surface area (Å²) in [5, 5.41) is 3.16. The Balaban J connectivity index is 2.28. The Morgan fingerprint density at radius 2 is 1.89 bits per heavy atom. The van der Waals surface area contributed by atoms with Gasteiger partial charge in [-0.1, -0.05) is 25.1 Å². The van der Waals surface area contributed by atoms with Crippen molar-refractivity contribution >= 4 is 9.84 Å². The fourth-order valence-electron chi connectivity index (χ4n) is 1.90. The van der Waals surface area contributed by atoms with Gasteiger partial charge in [0.15, 0.2) is 9.84 Å². The maximum Gasteiger partial charge on any atom is 0.151 e. The van der Waals surface area contributed by atoms with Crippen LogP contribution in [-0.2, 0) is 16.3 Å². The maximum absolute atomic E-state index is 11.5. The maximum atomic E-state index is 11.5. The molecule has 0 heterocycles. The van der Waals surface area contributed by atoms with Gasteiger partial charge in [-0.05, 0) is 31.0 Å². The number of hydrogen-bond donors (Lipinski definition) is 1. The van der Waals surface area contributed by atoms with E-state index >= 15 is 0 Å². The SMILES string of the molecule is CCCS(=O)(=O)CCNCCc1ccccc1OC. The van der Waals surface area contributed by atoms with Crippen LogP contribution < -0.4 is 10.1 Å². The lowest BCUT2D eigenvalue weighted by Gasteiger charge is -2.09. The summed E-state index contributed by atoms with van der Waals surface area (Å²) in [6.07, 6.45) is 1.52. The molecule has 0 saturated heterocycles. The summed E-state index contributed by atoms with van der Waals surface area (Å²) in [6, 6.07) is 7.87. The number of ether oxygens (including phenoxy) is 1. The molecule has 0 radical (unpaired) electrons. The minimum atomic E-state index is -2.88. The van der Waals surface area contributed by atoms with Crippen LogP contribution in [0.4, 0.5) is 0 Å². The molecule has 0 fully saturated rings. The molecular formula is C14H23NO3S. The molecule has 5 heteroatoms. The first-order valence-electron chi connectivity index (χ1n) is 6.62. The van der Waals surface area contributed by atoms with Gasteiger partial charge in [0.1, 0.15) is 5.75 Å². The highest BCUT2D eigenvalue weighted by atomic mass is 32.2. The third kappa shape index (κ3) is 6.07. The molecule has 0 aliphatic heterocycles. The smallest absolute Gasteiger partial charge is 0.151 e. The summed E-state index contributed by atoms with van der Waals surface area (Å²) in [5.74, 6) is 1.37. The number of nitrogens with one attached hydrogen (secondary N) is 1. The van der Waals surface area contributed by atoms with E-state index in [4.69, 9.17) is 4.74 Å². The topological polar surface area (TPSA) is 55.4 Å². The molecule has 1 aromatic rings. The predicted molar refractivity (Wildman–Crippen MR) is 78.5 cm³/mol. The minimum absolute atomic E-state index is 0.215. The molecule has 0 bridgehead atoms. The van der Waals surface area contributed by atoms with Crippen LogP contribution in [-0.4, -0.2) is 40.1 Å². The lowest BCUT2D eigenvalue weighted by Crippen LogP contribution is -2.26. The Hall–Kier alpha value is -1.07. The number of para-hydroxylation sites is 1. The Morgan fingerprint density at radius 3 is 2.58 bits per heavy atom. The van der Waals surface area contributed by atoms with Crippen LogP contribution in [0.15, 0.2) is 24.3 Å². The van der Waals surface area contributed by atoms with Crippen LogP contribution in [0.3, 0.4) is 0 Å². The average Bonchev–Trinajstić information content (AvgIpc) is 2.38. The summed E-state index contributed by atoms with van der Waals surface area (Å²) >= 11 is 0. The number of rotatable bonds is 9. The van der Waals surface area contributed by atoms with Crippen molar-refractivity contribution < 1.29 is 13.2 Å². The van der Waals surface area contributed by atoms with Crippen LogP contribution >= 0.6 is 0 Å². The van der Waals surface area contributed by atoms with Crippen LogP contribution in [0.5, 0.6) is 5.75 Å². The predicted octanol–water partition coefficient (Wildman–Crippen LogP) is 1.65. The normalized spacial score (nSPS) is 11.5. The van der Waals surface area contributed by atoms with E-state index in [0.717, 1.165) is 24.3 Å². The van der Waals surface area contributed by atoms with Crippen LogP contribution in [0, 0.1) is 0 Å². The van der Waals surface area contributed by atoms with Gasteiger partial charge in [0.2, 0.25) is 0 Å². The van der Waals surface area contributed by atoms with Crippen LogP contribution in [0.1, 0.15) is 18.9 Å². The molecule has 0 spiro atoms. The van der Waals surface area contributed by atoms with Crippen molar-refractivity contribution in [3.8, 4) is 5.75 Å². The van der Waals surface area contributed by atoms with E-state index in [1.165, 1.54) is 0 Å². The quantitative estimate of drug-likeness (QED) is 0.701. The Bertz CT molecular complexity index is 471. The molecule has 0 unspecified atom stereocenters. The third-order valence-corrected chi connectivity index (χ3v) is 4.72. The van der Waals surface area contributed by atoms with Crippen molar-refractivity contribution in [2.24, 2.45) is 0 Å². The van der Waals surface area contributed by atoms with Crippen molar-refractivity contribution in [3.05, 3.63) is 29.8 Å². The van der Waals surface area contributed by atoms with Crippen molar-refractivity contribution in [3.63, 3.8) is 0 Å². The first-order valence-corrected chi connectivity index (χ1v) is 8.44. The average molecular weight is 285 g/mol. The zero-order chi connectivity index (χ0) is 14.1. The van der Waals surface area contributed by atoms with Crippen LogP contribution in [0.2, 0.25) is 0 Å². The summed E-state index contributed by atoms with van der Waals surface area (Å²) in [4.78, 5) is 0. The summed E-state index contributed by atoms with van der Waals surface area (Å²) in [7, 11) is -1.22. The highest BCUT2D eigenvalue weighted by molar-refractivity contribution is 7.91. The monoisotopic (exact) mass is 285 g/mol. The van der Waals surface area contributed by atoms with Crippen LogP contribution in [0.25, 0.3) is 0 Å². The standard InChI is InChI=1S/C14H23NO3S/c1-3-11-19(16,17)12-10-15-9-8-13-6-4-5-7-14(13)18-2/h4-7,15H,3,8-12H2,1-2H3. The molecule has 0 aliphatic rings. The van der Waals surface area contributed by atoms with Crippen molar-refractivity contribution in [2.75, 3.05) is 31.7 Å². The van der Waals surface area contributed by atoms with Gasteiger partial charge in [-0.25, -0.2) is 8.42 Å². The molecule has 1 aromatic carbocycles. The fraction of sp³-hybridized carbons (Fsp3) is 0.571. The second kappa shape index (κ2) is 8.17. The summed E-state index contributed by atoms with van der Waals surface area (Å²) < 4.78 is 28.3. The first-order chi connectivity index (χ1) is 9.09. The number of benzene rings is 1. The molecule has 19 heavy (non-hydrogen) atoms. The van der Waals surface area contributed by atoms with Gasteiger partial charge in [0, 0.05) is 12.3 Å². The van der Waals surface area contributed by atoms with E-state index in [2.05, 4.69) is 5.32 Å². The number of sulfone groups is 1. The molecule has 0 amide bonds. The molecule has 0 atom stereocenters. The van der Waals surface area contributed by atoms with E-state index < -0.39 is 9.84 Å². The van der Waals surface area contributed by atoms with Crippen molar-refractivity contribution in [1.29, 1.82) is 0 Å². The number of methoxy groups -OCH3 is 1. The Labute approximate surface area is 116 Å². The van der Waals surface area contributed by atoms with Gasteiger partial charge in [0.25, 0.3) is 0 Å². The fourth-order valence-corrected chi connectivity index (χ4v) is 3.18. The largest absolute Gasteiger partial charge is 0.496 e.